The van der Waals surface area contributed by atoms with E-state index >= 15 is 0 Å². The lowest BCUT2D eigenvalue weighted by atomic mass is 9.90. The molecule has 1 N–H and O–H groups in total. The van der Waals surface area contributed by atoms with Gasteiger partial charge in [-0.1, -0.05) is 44.2 Å². The minimum Gasteiger partial charge on any atom is -0.361 e. The number of nitrogens with zero attached hydrogens (tertiary/aromatic N) is 2. The smallest absolute Gasteiger partial charge is 0.253 e. The molecule has 0 spiro atoms. The Morgan fingerprint density at radius 1 is 1.07 bits per heavy atom. The highest BCUT2D eigenvalue weighted by atomic mass is 16.2. The molecule has 0 saturated carbocycles. The number of carbonyl (C=O) groups excluding carboxylic acids is 1. The van der Waals surface area contributed by atoms with Crippen molar-refractivity contribution in [3.05, 3.63) is 71.4 Å². The standard InChI is InChI=1S/C26H33N3O/c1-3-28(4-2)19-23-18-27-25-11-10-22(17-24(23)25)26(30)29-14-12-21(13-15-29)16-20-8-6-5-7-9-20/h5-11,17-18,21,27H,3-4,12-16,19H2,1-2H3. The number of benzene rings is 2. The molecule has 1 aromatic heterocycles. The number of hydrogen-bond donors (Lipinski definition) is 1. The monoisotopic (exact) mass is 403 g/mol. The zero-order valence-corrected chi connectivity index (χ0v) is 18.2. The first-order valence-corrected chi connectivity index (χ1v) is 11.3. The van der Waals surface area contributed by atoms with Crippen molar-refractivity contribution in [1.29, 1.82) is 0 Å². The Bertz CT molecular complexity index is 966. The predicted molar refractivity (Wildman–Crippen MR) is 124 cm³/mol. The average molecular weight is 404 g/mol. The molecule has 0 aliphatic carbocycles. The van der Waals surface area contributed by atoms with E-state index in [0.717, 1.165) is 63.1 Å². The minimum absolute atomic E-state index is 0.171. The van der Waals surface area contributed by atoms with Crippen molar-refractivity contribution in [2.75, 3.05) is 26.2 Å². The van der Waals surface area contributed by atoms with E-state index in [9.17, 15) is 4.79 Å². The SMILES string of the molecule is CCN(CC)Cc1c[nH]c2ccc(C(=O)N3CCC(Cc4ccccc4)CC3)cc12. The molecule has 1 aliphatic rings. The van der Waals surface area contributed by atoms with Gasteiger partial charge in [0.15, 0.2) is 0 Å². The summed E-state index contributed by atoms with van der Waals surface area (Å²) in [4.78, 5) is 21.0. The molecule has 4 nitrogen and oxygen atoms in total. The molecule has 1 aliphatic heterocycles. The maximum Gasteiger partial charge on any atom is 0.253 e. The number of piperidine rings is 1. The van der Waals surface area contributed by atoms with Crippen molar-refractivity contribution < 1.29 is 4.79 Å². The van der Waals surface area contributed by atoms with Gasteiger partial charge in [0.2, 0.25) is 0 Å². The zero-order valence-electron chi connectivity index (χ0n) is 18.2. The molecule has 30 heavy (non-hydrogen) atoms. The van der Waals surface area contributed by atoms with Crippen LogP contribution in [0.3, 0.4) is 0 Å². The van der Waals surface area contributed by atoms with Crippen molar-refractivity contribution in [1.82, 2.24) is 14.8 Å². The third-order valence-electron chi connectivity index (χ3n) is 6.57. The third-order valence-corrected chi connectivity index (χ3v) is 6.57. The number of likely N-dealkylation sites (tertiary alicyclic amines) is 1. The van der Waals surface area contributed by atoms with E-state index in [1.54, 1.807) is 0 Å². The van der Waals surface area contributed by atoms with E-state index in [-0.39, 0.29) is 5.91 Å². The molecule has 0 atom stereocenters. The van der Waals surface area contributed by atoms with Crippen LogP contribution in [-0.2, 0) is 13.0 Å². The highest BCUT2D eigenvalue weighted by Crippen LogP contribution is 2.25. The predicted octanol–water partition coefficient (Wildman–Crippen LogP) is 5.10. The lowest BCUT2D eigenvalue weighted by Gasteiger charge is -2.32. The Labute approximate surface area is 179 Å². The van der Waals surface area contributed by atoms with Crippen LogP contribution in [0.4, 0.5) is 0 Å². The molecule has 1 fully saturated rings. The van der Waals surface area contributed by atoms with Gasteiger partial charge < -0.3 is 9.88 Å². The molecular formula is C26H33N3O. The Kier molecular flexibility index (Phi) is 6.53. The summed E-state index contributed by atoms with van der Waals surface area (Å²) < 4.78 is 0. The lowest BCUT2D eigenvalue weighted by molar-refractivity contribution is 0.0690. The lowest BCUT2D eigenvalue weighted by Crippen LogP contribution is -2.38. The number of aromatic amines is 1. The molecular weight excluding hydrogens is 370 g/mol. The van der Waals surface area contributed by atoms with E-state index in [1.165, 1.54) is 16.5 Å². The fourth-order valence-electron chi connectivity index (χ4n) is 4.60. The number of amides is 1. The van der Waals surface area contributed by atoms with E-state index in [1.807, 2.05) is 11.0 Å². The second kappa shape index (κ2) is 9.48. The summed E-state index contributed by atoms with van der Waals surface area (Å²) in [7, 11) is 0. The van der Waals surface area contributed by atoms with Gasteiger partial charge in [0.25, 0.3) is 5.91 Å². The van der Waals surface area contributed by atoms with Gasteiger partial charge in [0, 0.05) is 42.3 Å². The van der Waals surface area contributed by atoms with Crippen LogP contribution in [0, 0.1) is 5.92 Å². The number of fused-ring (bicyclic) bond motifs is 1. The summed E-state index contributed by atoms with van der Waals surface area (Å²) in [6, 6.07) is 16.8. The van der Waals surface area contributed by atoms with Crippen LogP contribution in [0.2, 0.25) is 0 Å². The zero-order chi connectivity index (χ0) is 20.9. The first kappa shape index (κ1) is 20.7. The van der Waals surface area contributed by atoms with E-state index in [4.69, 9.17) is 0 Å². The number of H-pyrrole nitrogens is 1. The number of nitrogens with one attached hydrogen (secondary N) is 1. The minimum atomic E-state index is 0.171. The van der Waals surface area contributed by atoms with Gasteiger partial charge in [0.1, 0.15) is 0 Å². The first-order chi connectivity index (χ1) is 14.7. The maximum atomic E-state index is 13.2. The van der Waals surface area contributed by atoms with E-state index in [0.29, 0.717) is 5.92 Å². The van der Waals surface area contributed by atoms with Crippen molar-refractivity contribution in [2.24, 2.45) is 5.92 Å². The van der Waals surface area contributed by atoms with Crippen LogP contribution >= 0.6 is 0 Å². The molecule has 2 heterocycles. The summed E-state index contributed by atoms with van der Waals surface area (Å²) in [6.45, 7) is 9.06. The van der Waals surface area contributed by atoms with Crippen LogP contribution < -0.4 is 0 Å². The summed E-state index contributed by atoms with van der Waals surface area (Å²) in [6.07, 6.45) is 5.37. The largest absolute Gasteiger partial charge is 0.361 e. The fraction of sp³-hybridized carbons (Fsp3) is 0.423. The molecule has 1 saturated heterocycles. The summed E-state index contributed by atoms with van der Waals surface area (Å²) in [5, 5.41) is 1.17. The molecule has 4 rings (SSSR count). The van der Waals surface area contributed by atoms with Crippen LogP contribution in [0.1, 0.15) is 48.2 Å². The highest BCUT2D eigenvalue weighted by molar-refractivity contribution is 5.98. The number of rotatable bonds is 7. The Morgan fingerprint density at radius 2 is 1.80 bits per heavy atom. The van der Waals surface area contributed by atoms with Gasteiger partial charge in [-0.05, 0) is 67.6 Å². The van der Waals surface area contributed by atoms with Gasteiger partial charge in [-0.15, -0.1) is 0 Å². The Morgan fingerprint density at radius 3 is 2.50 bits per heavy atom. The normalized spacial score (nSPS) is 15.2. The molecule has 0 radical (unpaired) electrons. The van der Waals surface area contributed by atoms with Crippen molar-refractivity contribution in [2.45, 2.75) is 39.7 Å². The molecule has 4 heteroatoms. The molecule has 3 aromatic rings. The van der Waals surface area contributed by atoms with Crippen LogP contribution in [0.25, 0.3) is 10.9 Å². The van der Waals surface area contributed by atoms with Gasteiger partial charge in [-0.25, -0.2) is 0 Å². The van der Waals surface area contributed by atoms with Gasteiger partial charge >= 0.3 is 0 Å². The van der Waals surface area contributed by atoms with E-state index < -0.39 is 0 Å². The highest BCUT2D eigenvalue weighted by Gasteiger charge is 2.24. The topological polar surface area (TPSA) is 39.3 Å². The maximum absolute atomic E-state index is 13.2. The Hall–Kier alpha value is -2.59. The fourth-order valence-corrected chi connectivity index (χ4v) is 4.60. The second-order valence-electron chi connectivity index (χ2n) is 8.46. The van der Waals surface area contributed by atoms with Crippen LogP contribution in [-0.4, -0.2) is 46.9 Å². The second-order valence-corrected chi connectivity index (χ2v) is 8.46. The number of aromatic nitrogens is 1. The summed E-state index contributed by atoms with van der Waals surface area (Å²) >= 11 is 0. The van der Waals surface area contributed by atoms with Crippen molar-refractivity contribution >= 4 is 16.8 Å². The Balaban J connectivity index is 1.42. The quantitative estimate of drug-likeness (QED) is 0.596. The molecule has 0 unspecified atom stereocenters. The molecule has 1 amide bonds. The third kappa shape index (κ3) is 4.59. The van der Waals surface area contributed by atoms with Gasteiger partial charge in [-0.3, -0.25) is 9.69 Å². The molecule has 2 aromatic carbocycles. The average Bonchev–Trinajstić information content (AvgIpc) is 3.20. The van der Waals surface area contributed by atoms with Gasteiger partial charge in [-0.2, -0.15) is 0 Å². The molecule has 158 valence electrons. The van der Waals surface area contributed by atoms with E-state index in [2.05, 4.69) is 72.4 Å². The summed E-state index contributed by atoms with van der Waals surface area (Å²) in [5.41, 5.74) is 4.59. The first-order valence-electron chi connectivity index (χ1n) is 11.3. The molecule has 0 bridgehead atoms. The summed E-state index contributed by atoms with van der Waals surface area (Å²) in [5.74, 6) is 0.842. The van der Waals surface area contributed by atoms with Crippen LogP contribution in [0.5, 0.6) is 0 Å². The van der Waals surface area contributed by atoms with Crippen molar-refractivity contribution in [3.63, 3.8) is 0 Å². The van der Waals surface area contributed by atoms with Crippen LogP contribution in [0.15, 0.2) is 54.7 Å². The van der Waals surface area contributed by atoms with Crippen molar-refractivity contribution in [3.8, 4) is 0 Å². The van der Waals surface area contributed by atoms with Gasteiger partial charge in [0.05, 0.1) is 0 Å². The number of carbonyl (C=O) groups is 1. The number of hydrogen-bond acceptors (Lipinski definition) is 2.